The predicted molar refractivity (Wildman–Crippen MR) is 124 cm³/mol. The number of nitrogens with zero attached hydrogens (tertiary/aromatic N) is 1. The van der Waals surface area contributed by atoms with Gasteiger partial charge in [0, 0.05) is 37.3 Å². The van der Waals surface area contributed by atoms with E-state index < -0.39 is 18.3 Å². The maximum absolute atomic E-state index is 13.9. The molecule has 0 aromatic heterocycles. The first-order chi connectivity index (χ1) is 15.1. The number of benzene rings is 2. The lowest BCUT2D eigenvalue weighted by Crippen LogP contribution is -2.51. The van der Waals surface area contributed by atoms with Crippen LogP contribution in [0.1, 0.15) is 36.6 Å². The van der Waals surface area contributed by atoms with Crippen molar-refractivity contribution in [3.05, 3.63) is 65.2 Å². The lowest BCUT2D eigenvalue weighted by Gasteiger charge is -2.33. The summed E-state index contributed by atoms with van der Waals surface area (Å²) >= 11 is 0. The minimum Gasteiger partial charge on any atom is -0.443 e. The van der Waals surface area contributed by atoms with Gasteiger partial charge in [-0.05, 0) is 35.2 Å². The Bertz CT molecular complexity index is 978. The van der Waals surface area contributed by atoms with Gasteiger partial charge in [-0.1, -0.05) is 50.2 Å². The van der Waals surface area contributed by atoms with Crippen molar-refractivity contribution in [2.24, 2.45) is 0 Å². The Morgan fingerprint density at radius 2 is 1.79 bits per heavy atom. The summed E-state index contributed by atoms with van der Waals surface area (Å²) < 4.78 is 46.7. The highest BCUT2D eigenvalue weighted by molar-refractivity contribution is 5.85. The van der Waals surface area contributed by atoms with Crippen LogP contribution < -0.4 is 10.6 Å². The Hall–Kier alpha value is -2.45. The van der Waals surface area contributed by atoms with E-state index in [0.29, 0.717) is 18.0 Å². The highest BCUT2D eigenvalue weighted by Crippen LogP contribution is 2.41. The van der Waals surface area contributed by atoms with Crippen LogP contribution >= 0.6 is 12.4 Å². The van der Waals surface area contributed by atoms with Crippen LogP contribution in [-0.2, 0) is 16.6 Å². The molecule has 0 radical (unpaired) electrons. The number of carbonyl (C=O) groups is 1. The molecule has 2 aliphatic rings. The van der Waals surface area contributed by atoms with E-state index in [4.69, 9.17) is 4.74 Å². The highest BCUT2D eigenvalue weighted by atomic mass is 35.5. The third-order valence-corrected chi connectivity index (χ3v) is 6.57. The molecule has 33 heavy (non-hydrogen) atoms. The van der Waals surface area contributed by atoms with Crippen molar-refractivity contribution in [2.45, 2.75) is 50.0 Å². The van der Waals surface area contributed by atoms with Gasteiger partial charge in [0.15, 0.2) is 6.04 Å². The summed E-state index contributed by atoms with van der Waals surface area (Å²) in [5, 5.41) is 6.40. The molecule has 1 saturated heterocycles. The molecule has 1 aliphatic carbocycles. The first-order valence-corrected chi connectivity index (χ1v) is 10.7. The molecule has 1 amide bonds. The van der Waals surface area contributed by atoms with Crippen molar-refractivity contribution in [3.63, 3.8) is 0 Å². The Kier molecular flexibility index (Phi) is 7.19. The van der Waals surface area contributed by atoms with E-state index in [1.165, 1.54) is 23.3 Å². The fraction of sp³-hybridized carbons (Fsp3) is 0.458. The molecular weight excluding hydrogens is 455 g/mol. The third kappa shape index (κ3) is 5.06. The van der Waals surface area contributed by atoms with Crippen LogP contribution in [0.2, 0.25) is 0 Å². The summed E-state index contributed by atoms with van der Waals surface area (Å²) in [5.41, 5.74) is 3.19. The molecule has 180 valence electrons. The zero-order valence-corrected chi connectivity index (χ0v) is 19.6. The molecule has 4 rings (SSSR count). The molecule has 0 bridgehead atoms. The standard InChI is InChI=1S/C24H28F3N3O2.ClH/c1-23(2)19-7-5-4-6-16(19)12-20(23)29-17-10-8-15(9-11-17)21(24(25,26)27)30(3)22(31)32-18-13-28-14-18;/h4-11,18,20-21,28-29H,12-14H2,1-3H3;1H/t20?,21-;/m0./s1. The van der Waals surface area contributed by atoms with Crippen LogP contribution in [0, 0.1) is 0 Å². The second-order valence-corrected chi connectivity index (χ2v) is 9.12. The Labute approximate surface area is 198 Å². The fourth-order valence-electron chi connectivity index (χ4n) is 4.49. The number of ether oxygens (including phenoxy) is 1. The van der Waals surface area contributed by atoms with Gasteiger partial charge in [-0.25, -0.2) is 4.79 Å². The number of amides is 1. The Morgan fingerprint density at radius 3 is 2.33 bits per heavy atom. The molecule has 5 nitrogen and oxygen atoms in total. The molecule has 0 spiro atoms. The highest BCUT2D eigenvalue weighted by Gasteiger charge is 2.46. The van der Waals surface area contributed by atoms with Crippen LogP contribution in [0.4, 0.5) is 23.7 Å². The minimum absolute atomic E-state index is 0. The normalized spacial score (nSPS) is 20.1. The topological polar surface area (TPSA) is 53.6 Å². The van der Waals surface area contributed by atoms with Gasteiger partial charge in [0.25, 0.3) is 0 Å². The largest absolute Gasteiger partial charge is 0.443 e. The molecule has 2 N–H and O–H groups in total. The van der Waals surface area contributed by atoms with E-state index in [0.717, 1.165) is 19.2 Å². The van der Waals surface area contributed by atoms with Crippen LogP contribution in [0.15, 0.2) is 48.5 Å². The summed E-state index contributed by atoms with van der Waals surface area (Å²) in [5.74, 6) is 0. The predicted octanol–water partition coefficient (Wildman–Crippen LogP) is 5.07. The van der Waals surface area contributed by atoms with Crippen molar-refractivity contribution in [1.82, 2.24) is 10.2 Å². The fourth-order valence-corrected chi connectivity index (χ4v) is 4.49. The third-order valence-electron chi connectivity index (χ3n) is 6.57. The summed E-state index contributed by atoms with van der Waals surface area (Å²) in [6.07, 6.45) is -5.15. The lowest BCUT2D eigenvalue weighted by molar-refractivity contribution is -0.179. The van der Waals surface area contributed by atoms with Gasteiger partial charge in [0.1, 0.15) is 6.10 Å². The van der Waals surface area contributed by atoms with E-state index >= 15 is 0 Å². The zero-order chi connectivity index (χ0) is 23.1. The molecule has 2 atom stereocenters. The van der Waals surface area contributed by atoms with Crippen molar-refractivity contribution in [1.29, 1.82) is 0 Å². The monoisotopic (exact) mass is 483 g/mol. The van der Waals surface area contributed by atoms with Gasteiger partial charge in [-0.3, -0.25) is 4.90 Å². The van der Waals surface area contributed by atoms with Gasteiger partial charge in [0.05, 0.1) is 0 Å². The Morgan fingerprint density at radius 1 is 1.15 bits per heavy atom. The number of hydrogen-bond donors (Lipinski definition) is 2. The Balaban J connectivity index is 0.00000306. The van der Waals surface area contributed by atoms with Crippen LogP contribution in [0.25, 0.3) is 0 Å². The minimum atomic E-state index is -4.63. The maximum atomic E-state index is 13.9. The summed E-state index contributed by atoms with van der Waals surface area (Å²) in [6.45, 7) is 5.25. The first kappa shape index (κ1) is 25.2. The van der Waals surface area contributed by atoms with Crippen LogP contribution in [-0.4, -0.2) is 49.5 Å². The van der Waals surface area contributed by atoms with Gasteiger partial charge in [-0.2, -0.15) is 13.2 Å². The number of alkyl halides is 3. The molecule has 1 aliphatic heterocycles. The molecule has 2 aromatic carbocycles. The molecule has 0 saturated carbocycles. The molecular formula is C24H29ClF3N3O2. The van der Waals surface area contributed by atoms with Gasteiger partial charge in [-0.15, -0.1) is 12.4 Å². The van der Waals surface area contributed by atoms with E-state index in [1.807, 2.05) is 12.1 Å². The SMILES string of the molecule is CN(C(=O)OC1CNC1)[C@@H](c1ccc(NC2Cc3ccccc3C2(C)C)cc1)C(F)(F)F.Cl. The van der Waals surface area contributed by atoms with Crippen LogP contribution in [0.3, 0.4) is 0 Å². The van der Waals surface area contributed by atoms with E-state index in [1.54, 1.807) is 12.1 Å². The average Bonchev–Trinajstić information content (AvgIpc) is 2.95. The van der Waals surface area contributed by atoms with Gasteiger partial charge in [0.2, 0.25) is 0 Å². The number of anilines is 1. The summed E-state index contributed by atoms with van der Waals surface area (Å²) in [4.78, 5) is 12.9. The number of halogens is 4. The molecule has 1 unspecified atom stereocenters. The second-order valence-electron chi connectivity index (χ2n) is 9.12. The average molecular weight is 484 g/mol. The number of rotatable bonds is 5. The van der Waals surface area contributed by atoms with E-state index in [2.05, 4.69) is 36.6 Å². The number of nitrogens with one attached hydrogen (secondary N) is 2. The van der Waals surface area contributed by atoms with Crippen LogP contribution in [0.5, 0.6) is 0 Å². The van der Waals surface area contributed by atoms with E-state index in [9.17, 15) is 18.0 Å². The van der Waals surface area contributed by atoms with Crippen molar-refractivity contribution in [2.75, 3.05) is 25.5 Å². The van der Waals surface area contributed by atoms with Crippen molar-refractivity contribution in [3.8, 4) is 0 Å². The number of carbonyl (C=O) groups excluding carboxylic acids is 1. The maximum Gasteiger partial charge on any atom is 0.413 e. The summed E-state index contributed by atoms with van der Waals surface area (Å²) in [6, 6.07) is 12.5. The molecule has 9 heteroatoms. The van der Waals surface area contributed by atoms with Crippen molar-refractivity contribution < 1.29 is 22.7 Å². The zero-order valence-electron chi connectivity index (χ0n) is 18.8. The first-order valence-electron chi connectivity index (χ1n) is 10.7. The smallest absolute Gasteiger partial charge is 0.413 e. The van der Waals surface area contributed by atoms with Gasteiger partial charge < -0.3 is 15.4 Å². The number of hydrogen-bond acceptors (Lipinski definition) is 4. The lowest BCUT2D eigenvalue weighted by atomic mass is 9.83. The summed E-state index contributed by atoms with van der Waals surface area (Å²) in [7, 11) is 1.12. The molecule has 1 heterocycles. The number of fused-ring (bicyclic) bond motifs is 1. The second kappa shape index (κ2) is 9.43. The van der Waals surface area contributed by atoms with Gasteiger partial charge >= 0.3 is 12.3 Å². The van der Waals surface area contributed by atoms with E-state index in [-0.39, 0.29) is 35.5 Å². The van der Waals surface area contributed by atoms with Crippen molar-refractivity contribution >= 4 is 24.2 Å². The molecule has 2 aromatic rings. The quantitative estimate of drug-likeness (QED) is 0.623. The molecule has 1 fully saturated rings.